The lowest BCUT2D eigenvalue weighted by Crippen LogP contribution is -2.45. The Hall–Kier alpha value is -1.43. The van der Waals surface area contributed by atoms with Crippen molar-refractivity contribution in [3.8, 4) is 0 Å². The molecule has 1 unspecified atom stereocenters. The maximum absolute atomic E-state index is 13.0. The lowest BCUT2D eigenvalue weighted by Gasteiger charge is -2.37. The van der Waals surface area contributed by atoms with Gasteiger partial charge in [-0.2, -0.15) is 0 Å². The van der Waals surface area contributed by atoms with Crippen molar-refractivity contribution in [1.29, 1.82) is 0 Å². The largest absolute Gasteiger partial charge is 0.389 e. The molecule has 5 atom stereocenters. The van der Waals surface area contributed by atoms with Crippen LogP contribution in [-0.2, 0) is 10.0 Å². The summed E-state index contributed by atoms with van der Waals surface area (Å²) < 4.78 is 29.0. The zero-order valence-electron chi connectivity index (χ0n) is 16.5. The average Bonchev–Trinajstić information content (AvgIpc) is 2.79. The minimum atomic E-state index is -3.60. The summed E-state index contributed by atoms with van der Waals surface area (Å²) in [5, 5.41) is 10.3. The SMILES string of the molecule is C=C(C)C1C[C@H](NS(=O)(=O)c2ccc(C)cc2)[C@@]2(C)CC[C@H](O)C(=C)C[C@H]12. The van der Waals surface area contributed by atoms with Crippen LogP contribution in [0.25, 0.3) is 0 Å². The van der Waals surface area contributed by atoms with E-state index in [1.54, 1.807) is 12.1 Å². The number of hydrogen-bond acceptors (Lipinski definition) is 3. The van der Waals surface area contributed by atoms with Crippen molar-refractivity contribution in [3.63, 3.8) is 0 Å². The van der Waals surface area contributed by atoms with Crippen LogP contribution in [0.15, 0.2) is 53.5 Å². The van der Waals surface area contributed by atoms with Crippen LogP contribution in [0.1, 0.15) is 45.1 Å². The number of hydrogen-bond donors (Lipinski definition) is 2. The van der Waals surface area contributed by atoms with Gasteiger partial charge >= 0.3 is 0 Å². The van der Waals surface area contributed by atoms with Gasteiger partial charge < -0.3 is 5.11 Å². The molecule has 2 aliphatic carbocycles. The Morgan fingerprint density at radius 1 is 1.30 bits per heavy atom. The minimum absolute atomic E-state index is 0.186. The van der Waals surface area contributed by atoms with E-state index >= 15 is 0 Å². The average molecular weight is 390 g/mol. The predicted octanol–water partition coefficient (Wildman–Crippen LogP) is 3.96. The summed E-state index contributed by atoms with van der Waals surface area (Å²) in [6.07, 6.45) is 2.34. The Morgan fingerprint density at radius 3 is 2.52 bits per heavy atom. The fourth-order valence-corrected chi connectivity index (χ4v) is 6.28. The summed E-state index contributed by atoms with van der Waals surface area (Å²) in [5.41, 5.74) is 2.73. The van der Waals surface area contributed by atoms with E-state index in [9.17, 15) is 13.5 Å². The summed E-state index contributed by atoms with van der Waals surface area (Å²) in [7, 11) is -3.60. The molecule has 0 heterocycles. The third kappa shape index (κ3) is 3.78. The summed E-state index contributed by atoms with van der Waals surface area (Å²) in [4.78, 5) is 0.296. The molecule has 0 aromatic heterocycles. The van der Waals surface area contributed by atoms with Gasteiger partial charge in [0, 0.05) is 6.04 Å². The topological polar surface area (TPSA) is 66.4 Å². The lowest BCUT2D eigenvalue weighted by molar-refractivity contribution is 0.151. The molecule has 0 saturated heterocycles. The molecular weight excluding hydrogens is 358 g/mol. The van der Waals surface area contributed by atoms with E-state index in [4.69, 9.17) is 0 Å². The fraction of sp³-hybridized carbons (Fsp3) is 0.545. The lowest BCUT2D eigenvalue weighted by atomic mass is 9.71. The van der Waals surface area contributed by atoms with Crippen LogP contribution >= 0.6 is 0 Å². The van der Waals surface area contributed by atoms with Gasteiger partial charge in [-0.25, -0.2) is 13.1 Å². The number of fused-ring (bicyclic) bond motifs is 1. The van der Waals surface area contributed by atoms with Crippen LogP contribution < -0.4 is 4.72 Å². The summed E-state index contributed by atoms with van der Waals surface area (Å²) in [5.74, 6) is 0.466. The highest BCUT2D eigenvalue weighted by atomic mass is 32.2. The third-order valence-corrected chi connectivity index (χ3v) is 8.28. The van der Waals surface area contributed by atoms with Crippen LogP contribution in [0.5, 0.6) is 0 Å². The molecule has 0 aliphatic heterocycles. The van der Waals surface area contributed by atoms with Crippen LogP contribution in [0.2, 0.25) is 0 Å². The molecule has 0 radical (unpaired) electrons. The molecule has 148 valence electrons. The highest BCUT2D eigenvalue weighted by Gasteiger charge is 2.54. The summed E-state index contributed by atoms with van der Waals surface area (Å²) in [6, 6.07) is 6.75. The minimum Gasteiger partial charge on any atom is -0.389 e. The zero-order valence-corrected chi connectivity index (χ0v) is 17.3. The smallest absolute Gasteiger partial charge is 0.240 e. The van der Waals surface area contributed by atoms with Gasteiger partial charge in [0.1, 0.15) is 0 Å². The molecule has 2 fully saturated rings. The monoisotopic (exact) mass is 389 g/mol. The molecule has 0 spiro atoms. The first-order valence-electron chi connectivity index (χ1n) is 9.65. The molecule has 0 bridgehead atoms. The Kier molecular flexibility index (Phi) is 5.41. The number of allylic oxidation sites excluding steroid dienone is 1. The molecule has 5 heteroatoms. The van der Waals surface area contributed by atoms with E-state index in [0.717, 1.165) is 36.0 Å². The van der Waals surface area contributed by atoms with Gasteiger partial charge in [0.2, 0.25) is 10.0 Å². The molecule has 2 saturated carbocycles. The van der Waals surface area contributed by atoms with E-state index in [1.165, 1.54) is 0 Å². The molecule has 2 aliphatic rings. The first kappa shape index (κ1) is 20.3. The van der Waals surface area contributed by atoms with Gasteiger partial charge in [0.25, 0.3) is 0 Å². The van der Waals surface area contributed by atoms with E-state index in [0.29, 0.717) is 11.3 Å². The molecular formula is C22H31NO3S. The Morgan fingerprint density at radius 2 is 1.93 bits per heavy atom. The maximum Gasteiger partial charge on any atom is 0.240 e. The standard InChI is InChI=1S/C22H31NO3S/c1-14(2)18-13-21(22(5)11-10-20(24)16(4)12-19(18)22)23-27(25,26)17-8-6-15(3)7-9-17/h6-9,18-21,23-24H,1,4,10-13H2,2-3,5H3/t18?,19-,20+,21+,22+/m1/s1. The predicted molar refractivity (Wildman–Crippen MR) is 109 cm³/mol. The van der Waals surface area contributed by atoms with Crippen molar-refractivity contribution in [3.05, 3.63) is 54.1 Å². The van der Waals surface area contributed by atoms with Crippen molar-refractivity contribution in [1.82, 2.24) is 4.72 Å². The molecule has 0 amide bonds. The van der Waals surface area contributed by atoms with Crippen LogP contribution in [0.4, 0.5) is 0 Å². The van der Waals surface area contributed by atoms with Gasteiger partial charge in [0.05, 0.1) is 11.0 Å². The summed E-state index contributed by atoms with van der Waals surface area (Å²) in [6.45, 7) is 14.4. The van der Waals surface area contributed by atoms with Gasteiger partial charge in [-0.15, -0.1) is 0 Å². The van der Waals surface area contributed by atoms with Crippen molar-refractivity contribution in [2.45, 2.75) is 63.5 Å². The van der Waals surface area contributed by atoms with E-state index in [1.807, 2.05) is 26.0 Å². The van der Waals surface area contributed by atoms with Gasteiger partial charge in [-0.05, 0) is 74.5 Å². The van der Waals surface area contributed by atoms with Crippen LogP contribution in [-0.4, -0.2) is 25.7 Å². The van der Waals surface area contributed by atoms with E-state index in [2.05, 4.69) is 24.8 Å². The number of rotatable bonds is 4. The number of aliphatic hydroxyl groups excluding tert-OH is 1. The number of aryl methyl sites for hydroxylation is 1. The maximum atomic E-state index is 13.0. The number of benzene rings is 1. The highest BCUT2D eigenvalue weighted by molar-refractivity contribution is 7.89. The summed E-state index contributed by atoms with van der Waals surface area (Å²) >= 11 is 0. The fourth-order valence-electron chi connectivity index (χ4n) is 4.91. The zero-order chi connectivity index (χ0) is 20.0. The molecule has 1 aromatic rings. The van der Waals surface area contributed by atoms with Crippen molar-refractivity contribution in [2.24, 2.45) is 17.3 Å². The van der Waals surface area contributed by atoms with Crippen molar-refractivity contribution < 1.29 is 13.5 Å². The van der Waals surface area contributed by atoms with E-state index in [-0.39, 0.29) is 23.3 Å². The first-order valence-corrected chi connectivity index (χ1v) is 11.1. The second kappa shape index (κ2) is 7.19. The molecule has 1 aromatic carbocycles. The molecule has 3 rings (SSSR count). The van der Waals surface area contributed by atoms with Crippen LogP contribution in [0.3, 0.4) is 0 Å². The van der Waals surface area contributed by atoms with Gasteiger partial charge in [-0.1, -0.05) is 43.4 Å². The van der Waals surface area contributed by atoms with E-state index < -0.39 is 16.1 Å². The Bertz CT molecular complexity index is 843. The number of sulfonamides is 1. The van der Waals surface area contributed by atoms with Gasteiger partial charge in [-0.3, -0.25) is 0 Å². The quantitative estimate of drug-likeness (QED) is 0.766. The third-order valence-electron chi connectivity index (χ3n) is 6.79. The number of nitrogens with one attached hydrogen (secondary N) is 1. The molecule has 4 nitrogen and oxygen atoms in total. The second-order valence-electron chi connectivity index (χ2n) is 8.70. The van der Waals surface area contributed by atoms with Crippen molar-refractivity contribution in [2.75, 3.05) is 0 Å². The van der Waals surface area contributed by atoms with Crippen molar-refractivity contribution >= 4 is 10.0 Å². The van der Waals surface area contributed by atoms with Gasteiger partial charge in [0.15, 0.2) is 0 Å². The first-order chi connectivity index (χ1) is 12.5. The normalized spacial score (nSPS) is 34.1. The van der Waals surface area contributed by atoms with Crippen LogP contribution in [0, 0.1) is 24.2 Å². The Labute approximate surface area is 163 Å². The highest BCUT2D eigenvalue weighted by Crippen LogP contribution is 2.56. The number of aliphatic hydroxyl groups is 1. The Balaban J connectivity index is 1.93. The molecule has 27 heavy (non-hydrogen) atoms. The second-order valence-corrected chi connectivity index (χ2v) is 10.4. The molecule has 2 N–H and O–H groups in total.